The lowest BCUT2D eigenvalue weighted by molar-refractivity contribution is 0.111. The maximum Gasteiger partial charge on any atom is 0.153 e. The van der Waals surface area contributed by atoms with Crippen molar-refractivity contribution in [2.75, 3.05) is 13.6 Å². The van der Waals surface area contributed by atoms with E-state index in [2.05, 4.69) is 4.90 Å². The molecule has 1 fully saturated rings. The van der Waals surface area contributed by atoms with Crippen LogP contribution in [-0.2, 0) is 0 Å². The number of benzene rings is 1. The fraction of sp³-hybridized carbons (Fsp3) is 0.417. The Bertz CT molecular complexity index is 378. The Hall–Kier alpha value is -1.22. The molecule has 2 nitrogen and oxygen atoms in total. The zero-order chi connectivity index (χ0) is 10.8. The van der Waals surface area contributed by atoms with E-state index in [4.69, 9.17) is 0 Å². The molecule has 1 aromatic carbocycles. The molecular weight excluding hydrogens is 193 g/mol. The highest BCUT2D eigenvalue weighted by molar-refractivity contribution is 5.78. The average molecular weight is 207 g/mol. The minimum atomic E-state index is -0.414. The van der Waals surface area contributed by atoms with Crippen LogP contribution in [0.25, 0.3) is 0 Å². The number of likely N-dealkylation sites (tertiary alicyclic amines) is 1. The van der Waals surface area contributed by atoms with Crippen molar-refractivity contribution in [2.45, 2.75) is 18.9 Å². The first-order valence-corrected chi connectivity index (χ1v) is 5.18. The molecule has 1 aliphatic rings. The molecule has 2 rings (SSSR count). The number of hydrogen-bond donors (Lipinski definition) is 0. The number of carbonyl (C=O) groups is 1. The minimum absolute atomic E-state index is 0.195. The zero-order valence-corrected chi connectivity index (χ0v) is 8.74. The average Bonchev–Trinajstić information content (AvgIpc) is 2.64. The fourth-order valence-electron chi connectivity index (χ4n) is 2.27. The highest BCUT2D eigenvalue weighted by atomic mass is 19.1. The number of hydrogen-bond acceptors (Lipinski definition) is 2. The van der Waals surface area contributed by atoms with Crippen molar-refractivity contribution in [1.29, 1.82) is 0 Å². The summed E-state index contributed by atoms with van der Waals surface area (Å²) in [5.74, 6) is -0.414. The van der Waals surface area contributed by atoms with Gasteiger partial charge >= 0.3 is 0 Å². The Kier molecular flexibility index (Phi) is 2.82. The molecule has 1 saturated heterocycles. The predicted octanol–water partition coefficient (Wildman–Crippen LogP) is 2.40. The van der Waals surface area contributed by atoms with E-state index in [-0.39, 0.29) is 11.6 Å². The second kappa shape index (κ2) is 4.11. The first-order chi connectivity index (χ1) is 7.24. The Morgan fingerprint density at radius 1 is 1.53 bits per heavy atom. The first kappa shape index (κ1) is 10.3. The fourth-order valence-corrected chi connectivity index (χ4v) is 2.27. The van der Waals surface area contributed by atoms with E-state index in [0.29, 0.717) is 6.29 Å². The summed E-state index contributed by atoms with van der Waals surface area (Å²) in [5.41, 5.74) is 1.04. The molecule has 80 valence electrons. The molecule has 0 aromatic heterocycles. The Morgan fingerprint density at radius 3 is 2.93 bits per heavy atom. The second-order valence-electron chi connectivity index (χ2n) is 4.00. The summed E-state index contributed by atoms with van der Waals surface area (Å²) >= 11 is 0. The lowest BCUT2D eigenvalue weighted by Gasteiger charge is -2.21. The predicted molar refractivity (Wildman–Crippen MR) is 56.4 cm³/mol. The van der Waals surface area contributed by atoms with Gasteiger partial charge in [-0.15, -0.1) is 0 Å². The summed E-state index contributed by atoms with van der Waals surface area (Å²) in [5, 5.41) is 0. The number of rotatable bonds is 2. The third-order valence-corrected chi connectivity index (χ3v) is 3.08. The van der Waals surface area contributed by atoms with Crippen molar-refractivity contribution >= 4 is 6.29 Å². The Labute approximate surface area is 88.7 Å². The van der Waals surface area contributed by atoms with Crippen LogP contribution in [0.15, 0.2) is 18.2 Å². The normalized spacial score (nSPS) is 21.9. The van der Waals surface area contributed by atoms with Crippen molar-refractivity contribution < 1.29 is 9.18 Å². The summed E-state index contributed by atoms with van der Waals surface area (Å²) < 4.78 is 13.4. The van der Waals surface area contributed by atoms with Crippen LogP contribution in [0, 0.1) is 5.82 Å². The largest absolute Gasteiger partial charge is 0.299 e. The molecule has 1 aliphatic heterocycles. The standard InChI is InChI=1S/C12H14FNO/c1-14-7-3-6-12(14)9-4-2-5-11(13)10(9)8-15/h2,4-5,8,12H,3,6-7H2,1H3. The van der Waals surface area contributed by atoms with Gasteiger partial charge in [0.05, 0.1) is 5.56 Å². The molecule has 0 radical (unpaired) electrons. The minimum Gasteiger partial charge on any atom is -0.299 e. The van der Waals surface area contributed by atoms with Crippen LogP contribution in [0.4, 0.5) is 4.39 Å². The highest BCUT2D eigenvalue weighted by Gasteiger charge is 2.25. The summed E-state index contributed by atoms with van der Waals surface area (Å²) in [4.78, 5) is 13.0. The Balaban J connectivity index is 2.42. The van der Waals surface area contributed by atoms with E-state index < -0.39 is 5.82 Å². The molecule has 1 atom stereocenters. The van der Waals surface area contributed by atoms with E-state index >= 15 is 0 Å². The molecule has 0 N–H and O–H groups in total. The van der Waals surface area contributed by atoms with Gasteiger partial charge in [-0.3, -0.25) is 9.69 Å². The molecule has 1 unspecified atom stereocenters. The van der Waals surface area contributed by atoms with Crippen LogP contribution in [0.3, 0.4) is 0 Å². The van der Waals surface area contributed by atoms with E-state index in [0.717, 1.165) is 24.9 Å². The van der Waals surface area contributed by atoms with Gasteiger partial charge in [0.1, 0.15) is 5.82 Å². The van der Waals surface area contributed by atoms with Crippen molar-refractivity contribution in [1.82, 2.24) is 4.90 Å². The summed E-state index contributed by atoms with van der Waals surface area (Å²) in [6.07, 6.45) is 2.73. The van der Waals surface area contributed by atoms with Crippen LogP contribution >= 0.6 is 0 Å². The third-order valence-electron chi connectivity index (χ3n) is 3.08. The van der Waals surface area contributed by atoms with E-state index in [1.165, 1.54) is 6.07 Å². The van der Waals surface area contributed by atoms with Gasteiger partial charge < -0.3 is 0 Å². The topological polar surface area (TPSA) is 20.3 Å². The number of nitrogens with zero attached hydrogens (tertiary/aromatic N) is 1. The Morgan fingerprint density at radius 2 is 2.33 bits per heavy atom. The molecule has 1 heterocycles. The van der Waals surface area contributed by atoms with E-state index in [1.54, 1.807) is 6.07 Å². The van der Waals surface area contributed by atoms with E-state index in [9.17, 15) is 9.18 Å². The lowest BCUT2D eigenvalue weighted by atomic mass is 9.99. The zero-order valence-electron chi connectivity index (χ0n) is 8.74. The van der Waals surface area contributed by atoms with Gasteiger partial charge in [-0.25, -0.2) is 4.39 Å². The molecule has 0 aliphatic carbocycles. The van der Waals surface area contributed by atoms with Crippen LogP contribution in [-0.4, -0.2) is 24.8 Å². The SMILES string of the molecule is CN1CCCC1c1cccc(F)c1C=O. The third kappa shape index (κ3) is 1.79. The molecule has 15 heavy (non-hydrogen) atoms. The lowest BCUT2D eigenvalue weighted by Crippen LogP contribution is -2.19. The van der Waals surface area contributed by atoms with E-state index in [1.807, 2.05) is 13.1 Å². The number of carbonyl (C=O) groups excluding carboxylic acids is 1. The van der Waals surface area contributed by atoms with Crippen LogP contribution in [0.5, 0.6) is 0 Å². The maximum atomic E-state index is 13.4. The van der Waals surface area contributed by atoms with Crippen molar-refractivity contribution in [3.05, 3.63) is 35.1 Å². The molecule has 3 heteroatoms. The molecule has 1 aromatic rings. The quantitative estimate of drug-likeness (QED) is 0.694. The number of halogens is 1. The van der Waals surface area contributed by atoms with Gasteiger partial charge in [-0.1, -0.05) is 12.1 Å². The van der Waals surface area contributed by atoms with Gasteiger partial charge in [0.2, 0.25) is 0 Å². The van der Waals surface area contributed by atoms with Gasteiger partial charge in [-0.05, 0) is 38.1 Å². The molecule has 0 spiro atoms. The van der Waals surface area contributed by atoms with Crippen LogP contribution in [0.2, 0.25) is 0 Å². The van der Waals surface area contributed by atoms with Gasteiger partial charge in [0, 0.05) is 6.04 Å². The monoisotopic (exact) mass is 207 g/mol. The van der Waals surface area contributed by atoms with Gasteiger partial charge in [-0.2, -0.15) is 0 Å². The molecule has 0 bridgehead atoms. The van der Waals surface area contributed by atoms with Crippen molar-refractivity contribution in [3.8, 4) is 0 Å². The maximum absolute atomic E-state index is 13.4. The van der Waals surface area contributed by atoms with Crippen molar-refractivity contribution in [3.63, 3.8) is 0 Å². The molecular formula is C12H14FNO. The summed E-state index contributed by atoms with van der Waals surface area (Å²) in [6.45, 7) is 1.01. The van der Waals surface area contributed by atoms with Crippen LogP contribution in [0.1, 0.15) is 34.8 Å². The molecule has 0 saturated carbocycles. The van der Waals surface area contributed by atoms with Gasteiger partial charge in [0.25, 0.3) is 0 Å². The second-order valence-corrected chi connectivity index (χ2v) is 4.00. The summed E-state index contributed by atoms with van der Waals surface area (Å²) in [7, 11) is 2.01. The summed E-state index contributed by atoms with van der Waals surface area (Å²) in [6, 6.07) is 5.05. The smallest absolute Gasteiger partial charge is 0.153 e. The first-order valence-electron chi connectivity index (χ1n) is 5.18. The highest BCUT2D eigenvalue weighted by Crippen LogP contribution is 2.32. The van der Waals surface area contributed by atoms with Crippen LogP contribution < -0.4 is 0 Å². The van der Waals surface area contributed by atoms with Crippen molar-refractivity contribution in [2.24, 2.45) is 0 Å². The number of aldehydes is 1. The van der Waals surface area contributed by atoms with Gasteiger partial charge in [0.15, 0.2) is 6.29 Å². The molecule has 0 amide bonds.